The summed E-state index contributed by atoms with van der Waals surface area (Å²) < 4.78 is 5.18. The third kappa shape index (κ3) is 5.00. The van der Waals surface area contributed by atoms with Crippen molar-refractivity contribution < 1.29 is 14.3 Å². The Bertz CT molecular complexity index is 721. The first-order valence-corrected chi connectivity index (χ1v) is 8.14. The fourth-order valence-electron chi connectivity index (χ4n) is 2.36. The highest BCUT2D eigenvalue weighted by atomic mass is 16.5. The molecule has 0 saturated heterocycles. The highest BCUT2D eigenvalue weighted by Crippen LogP contribution is 2.18. The lowest BCUT2D eigenvalue weighted by Gasteiger charge is -2.21. The molecule has 0 spiro atoms. The van der Waals surface area contributed by atoms with Crippen LogP contribution in [0.4, 0.5) is 5.82 Å². The number of benzene rings is 1. The Morgan fingerprint density at radius 2 is 2.00 bits per heavy atom. The molecule has 3 N–H and O–H groups in total. The number of nitrogens with two attached hydrogens (primary N) is 1. The van der Waals surface area contributed by atoms with Gasteiger partial charge in [0.1, 0.15) is 17.7 Å². The second-order valence-electron chi connectivity index (χ2n) is 5.63. The summed E-state index contributed by atoms with van der Waals surface area (Å²) in [4.78, 5) is 32.0. The van der Waals surface area contributed by atoms with Crippen LogP contribution in [0, 0.1) is 0 Å². The molecule has 0 aliphatic heterocycles. The van der Waals surface area contributed by atoms with Gasteiger partial charge in [0.05, 0.1) is 6.04 Å². The second-order valence-corrected chi connectivity index (χ2v) is 5.63. The van der Waals surface area contributed by atoms with E-state index in [1.165, 1.54) is 19.4 Å². The average molecular weight is 342 g/mol. The Kier molecular flexibility index (Phi) is 6.45. The first kappa shape index (κ1) is 18.4. The molecule has 0 aliphatic rings. The first-order valence-electron chi connectivity index (χ1n) is 8.14. The summed E-state index contributed by atoms with van der Waals surface area (Å²) in [5.74, 6) is -1.08. The third-order valence-corrected chi connectivity index (χ3v) is 3.71. The molecule has 25 heavy (non-hydrogen) atoms. The number of nitrogen functional groups attached to an aromatic ring is 1. The zero-order valence-corrected chi connectivity index (χ0v) is 14.3. The number of carbonyl (C=O) groups is 2. The molecule has 0 saturated carbocycles. The maximum Gasteiger partial charge on any atom is 0.344 e. The van der Waals surface area contributed by atoms with E-state index in [1.807, 2.05) is 37.3 Å². The van der Waals surface area contributed by atoms with E-state index in [9.17, 15) is 9.59 Å². The van der Waals surface area contributed by atoms with Gasteiger partial charge in [0.15, 0.2) is 6.10 Å². The molecule has 2 atom stereocenters. The molecule has 0 unspecified atom stereocenters. The van der Waals surface area contributed by atoms with Gasteiger partial charge in [-0.05, 0) is 18.9 Å². The molecule has 2 aromatic rings. The zero-order valence-electron chi connectivity index (χ0n) is 14.3. The van der Waals surface area contributed by atoms with Crippen LogP contribution < -0.4 is 11.1 Å². The minimum absolute atomic E-state index is 0.0146. The van der Waals surface area contributed by atoms with Gasteiger partial charge in [0, 0.05) is 6.20 Å². The van der Waals surface area contributed by atoms with Gasteiger partial charge in [-0.25, -0.2) is 14.8 Å². The number of nitrogens with zero attached hydrogens (tertiary/aromatic N) is 2. The van der Waals surface area contributed by atoms with E-state index < -0.39 is 12.1 Å². The number of nitrogens with one attached hydrogen (secondary N) is 1. The number of amides is 1. The van der Waals surface area contributed by atoms with Gasteiger partial charge in [0.2, 0.25) is 0 Å². The van der Waals surface area contributed by atoms with Crippen LogP contribution in [0.25, 0.3) is 0 Å². The van der Waals surface area contributed by atoms with Crippen LogP contribution in [0.2, 0.25) is 0 Å². The summed E-state index contributed by atoms with van der Waals surface area (Å²) in [6.07, 6.45) is 3.23. The van der Waals surface area contributed by atoms with Crippen molar-refractivity contribution in [3.63, 3.8) is 0 Å². The Labute approximate surface area is 146 Å². The number of hydrogen-bond donors (Lipinski definition) is 2. The largest absolute Gasteiger partial charge is 0.449 e. The van der Waals surface area contributed by atoms with Crippen molar-refractivity contribution in [3.05, 3.63) is 54.0 Å². The van der Waals surface area contributed by atoms with Crippen molar-refractivity contribution in [2.75, 3.05) is 5.73 Å². The van der Waals surface area contributed by atoms with Gasteiger partial charge in [-0.15, -0.1) is 0 Å². The number of rotatable bonds is 7. The molecule has 7 heteroatoms. The zero-order chi connectivity index (χ0) is 18.2. The lowest BCUT2D eigenvalue weighted by molar-refractivity contribution is -0.129. The maximum absolute atomic E-state index is 12.4. The molecule has 0 bridgehead atoms. The minimum atomic E-state index is -0.963. The topological polar surface area (TPSA) is 107 Å². The number of anilines is 1. The van der Waals surface area contributed by atoms with E-state index in [-0.39, 0.29) is 23.3 Å². The van der Waals surface area contributed by atoms with Crippen LogP contribution in [-0.4, -0.2) is 27.9 Å². The standard InChI is InChI=1S/C18H22N4O3/c1-3-7-15(13-8-5-4-6-9-13)22-17(23)12(2)25-18(24)14-10-20-11-21-16(14)19/h4-6,8-12,15H,3,7H2,1-2H3,(H,22,23)(H2,19,20,21)/t12-,15-/m0/s1. The van der Waals surface area contributed by atoms with Crippen molar-refractivity contribution in [1.29, 1.82) is 0 Å². The Balaban J connectivity index is 2.01. The first-order chi connectivity index (χ1) is 12.0. The van der Waals surface area contributed by atoms with Gasteiger partial charge in [-0.3, -0.25) is 4.79 Å². The van der Waals surface area contributed by atoms with Crippen molar-refractivity contribution in [2.24, 2.45) is 0 Å². The van der Waals surface area contributed by atoms with Crippen LogP contribution in [0.1, 0.15) is 48.7 Å². The average Bonchev–Trinajstić information content (AvgIpc) is 2.62. The molecule has 7 nitrogen and oxygen atoms in total. The summed E-state index contributed by atoms with van der Waals surface area (Å²) in [7, 11) is 0. The van der Waals surface area contributed by atoms with E-state index in [0.29, 0.717) is 0 Å². The van der Waals surface area contributed by atoms with Crippen molar-refractivity contribution in [1.82, 2.24) is 15.3 Å². The van der Waals surface area contributed by atoms with Gasteiger partial charge in [0.25, 0.3) is 5.91 Å². The highest BCUT2D eigenvalue weighted by molar-refractivity contribution is 5.95. The number of hydrogen-bond acceptors (Lipinski definition) is 6. The Morgan fingerprint density at radius 3 is 2.64 bits per heavy atom. The van der Waals surface area contributed by atoms with Crippen molar-refractivity contribution in [2.45, 2.75) is 38.8 Å². The minimum Gasteiger partial charge on any atom is -0.449 e. The highest BCUT2D eigenvalue weighted by Gasteiger charge is 2.23. The maximum atomic E-state index is 12.4. The molecule has 1 heterocycles. The normalized spacial score (nSPS) is 12.9. The quantitative estimate of drug-likeness (QED) is 0.747. The lowest BCUT2D eigenvalue weighted by atomic mass is 10.0. The molecular weight excluding hydrogens is 320 g/mol. The van der Waals surface area contributed by atoms with Crippen LogP contribution in [-0.2, 0) is 9.53 Å². The van der Waals surface area contributed by atoms with E-state index in [2.05, 4.69) is 15.3 Å². The van der Waals surface area contributed by atoms with E-state index >= 15 is 0 Å². The fraction of sp³-hybridized carbons (Fsp3) is 0.333. The Morgan fingerprint density at radius 1 is 1.28 bits per heavy atom. The summed E-state index contributed by atoms with van der Waals surface area (Å²) in [6.45, 7) is 3.56. The smallest absolute Gasteiger partial charge is 0.344 e. The van der Waals surface area contributed by atoms with Gasteiger partial charge < -0.3 is 15.8 Å². The fourth-order valence-corrected chi connectivity index (χ4v) is 2.36. The van der Waals surface area contributed by atoms with Gasteiger partial charge in [-0.2, -0.15) is 0 Å². The molecule has 1 amide bonds. The molecule has 132 valence electrons. The SMILES string of the molecule is CCC[C@H](NC(=O)[C@H](C)OC(=O)c1cncnc1N)c1ccccc1. The number of esters is 1. The molecule has 0 fully saturated rings. The predicted molar refractivity (Wildman–Crippen MR) is 93.6 cm³/mol. The monoisotopic (exact) mass is 342 g/mol. The van der Waals surface area contributed by atoms with Crippen LogP contribution in [0.5, 0.6) is 0 Å². The van der Waals surface area contributed by atoms with Crippen LogP contribution >= 0.6 is 0 Å². The van der Waals surface area contributed by atoms with E-state index in [4.69, 9.17) is 10.5 Å². The summed E-state index contributed by atoms with van der Waals surface area (Å²) in [5.41, 5.74) is 6.67. The molecule has 1 aromatic heterocycles. The number of ether oxygens (including phenoxy) is 1. The molecule has 2 rings (SSSR count). The third-order valence-electron chi connectivity index (χ3n) is 3.71. The summed E-state index contributed by atoms with van der Waals surface area (Å²) >= 11 is 0. The number of carbonyl (C=O) groups excluding carboxylic acids is 2. The van der Waals surface area contributed by atoms with Crippen molar-refractivity contribution in [3.8, 4) is 0 Å². The molecule has 1 aromatic carbocycles. The Hall–Kier alpha value is -2.96. The molecule has 0 radical (unpaired) electrons. The second kappa shape index (κ2) is 8.77. The van der Waals surface area contributed by atoms with Gasteiger partial charge in [-0.1, -0.05) is 43.7 Å². The molecular formula is C18H22N4O3. The van der Waals surface area contributed by atoms with E-state index in [1.54, 1.807) is 0 Å². The number of aromatic nitrogens is 2. The predicted octanol–water partition coefficient (Wildman–Crippen LogP) is 2.26. The summed E-state index contributed by atoms with van der Waals surface area (Å²) in [5, 5.41) is 2.93. The summed E-state index contributed by atoms with van der Waals surface area (Å²) in [6, 6.07) is 9.55. The van der Waals surface area contributed by atoms with Crippen LogP contribution in [0.3, 0.4) is 0 Å². The van der Waals surface area contributed by atoms with Gasteiger partial charge >= 0.3 is 5.97 Å². The van der Waals surface area contributed by atoms with Crippen LogP contribution in [0.15, 0.2) is 42.9 Å². The van der Waals surface area contributed by atoms with Crippen molar-refractivity contribution >= 4 is 17.7 Å². The van der Waals surface area contributed by atoms with E-state index in [0.717, 1.165) is 18.4 Å². The molecule has 0 aliphatic carbocycles. The lowest BCUT2D eigenvalue weighted by Crippen LogP contribution is -2.38.